The predicted octanol–water partition coefficient (Wildman–Crippen LogP) is 1.91. The van der Waals surface area contributed by atoms with E-state index in [0.29, 0.717) is 5.39 Å². The topological polar surface area (TPSA) is 71.3 Å². The van der Waals surface area contributed by atoms with Gasteiger partial charge >= 0.3 is 0 Å². The molecule has 0 saturated carbocycles. The van der Waals surface area contributed by atoms with Gasteiger partial charge in [-0.15, -0.1) is 0 Å². The van der Waals surface area contributed by atoms with Crippen LogP contribution in [0.4, 0.5) is 0 Å². The molecule has 0 saturated heterocycles. The van der Waals surface area contributed by atoms with Gasteiger partial charge in [-0.25, -0.2) is 0 Å². The number of amides is 1. The summed E-state index contributed by atoms with van der Waals surface area (Å²) < 4.78 is 1.74. The number of fused-ring (bicyclic) bond motifs is 1. The van der Waals surface area contributed by atoms with Crippen LogP contribution in [-0.2, 0) is 11.3 Å². The molecule has 2 unspecified atom stereocenters. The summed E-state index contributed by atoms with van der Waals surface area (Å²) in [4.78, 5) is 24.0. The molecular formula is C18H24N2O3. The van der Waals surface area contributed by atoms with E-state index in [9.17, 15) is 14.7 Å². The zero-order chi connectivity index (χ0) is 17.0. The fourth-order valence-corrected chi connectivity index (χ4v) is 2.50. The Kier molecular flexibility index (Phi) is 5.21. The number of carbonyl (C=O) groups is 1. The molecule has 0 fully saturated rings. The van der Waals surface area contributed by atoms with Crippen molar-refractivity contribution in [3.8, 4) is 0 Å². The van der Waals surface area contributed by atoms with Gasteiger partial charge in [-0.3, -0.25) is 9.59 Å². The number of rotatable bonds is 6. The van der Waals surface area contributed by atoms with Gasteiger partial charge in [0, 0.05) is 24.2 Å². The van der Waals surface area contributed by atoms with Gasteiger partial charge < -0.3 is 15.0 Å². The lowest BCUT2D eigenvalue weighted by atomic mass is 9.89. The first-order valence-electron chi connectivity index (χ1n) is 7.92. The maximum atomic E-state index is 12.2. The van der Waals surface area contributed by atoms with Crippen LogP contribution in [0.1, 0.15) is 27.2 Å². The Bertz CT molecular complexity index is 749. The molecule has 2 N–H and O–H groups in total. The highest BCUT2D eigenvalue weighted by Crippen LogP contribution is 2.18. The van der Waals surface area contributed by atoms with Crippen molar-refractivity contribution in [2.45, 2.75) is 39.3 Å². The lowest BCUT2D eigenvalue weighted by Crippen LogP contribution is -2.45. The predicted molar refractivity (Wildman–Crippen MR) is 91.3 cm³/mol. The van der Waals surface area contributed by atoms with Crippen LogP contribution in [0.25, 0.3) is 10.9 Å². The number of hydrogen-bond acceptors (Lipinski definition) is 3. The molecule has 23 heavy (non-hydrogen) atoms. The van der Waals surface area contributed by atoms with Crippen molar-refractivity contribution < 1.29 is 9.90 Å². The lowest BCUT2D eigenvalue weighted by molar-refractivity contribution is -0.123. The molecule has 2 rings (SSSR count). The highest BCUT2D eigenvalue weighted by molar-refractivity contribution is 5.82. The number of aromatic nitrogens is 1. The van der Waals surface area contributed by atoms with Gasteiger partial charge in [-0.2, -0.15) is 0 Å². The first-order chi connectivity index (χ1) is 10.8. The van der Waals surface area contributed by atoms with Crippen LogP contribution in [0.15, 0.2) is 41.3 Å². The highest BCUT2D eigenvalue weighted by atomic mass is 16.3. The summed E-state index contributed by atoms with van der Waals surface area (Å²) in [6.45, 7) is 6.02. The minimum Gasteiger partial charge on any atom is -0.388 e. The molecule has 2 aromatic rings. The van der Waals surface area contributed by atoms with Crippen molar-refractivity contribution in [2.75, 3.05) is 6.54 Å². The Morgan fingerprint density at radius 3 is 2.74 bits per heavy atom. The molecular weight excluding hydrogens is 292 g/mol. The normalized spacial score (nSPS) is 15.1. The van der Waals surface area contributed by atoms with Gasteiger partial charge in [0.05, 0.1) is 11.1 Å². The number of para-hydroxylation sites is 1. The summed E-state index contributed by atoms with van der Waals surface area (Å²) in [6, 6.07) is 8.67. The summed E-state index contributed by atoms with van der Waals surface area (Å²) in [5, 5.41) is 13.7. The number of aliphatic hydroxyl groups is 1. The molecule has 0 aliphatic heterocycles. The smallest absolute Gasteiger partial charge is 0.240 e. The second kappa shape index (κ2) is 6.96. The Balaban J connectivity index is 2.10. The molecule has 5 heteroatoms. The Hall–Kier alpha value is -2.14. The zero-order valence-corrected chi connectivity index (χ0v) is 13.9. The van der Waals surface area contributed by atoms with Crippen molar-refractivity contribution in [2.24, 2.45) is 5.92 Å². The van der Waals surface area contributed by atoms with Crippen molar-refractivity contribution in [1.29, 1.82) is 0 Å². The number of nitrogens with zero attached hydrogens (tertiary/aromatic N) is 1. The van der Waals surface area contributed by atoms with Crippen LogP contribution in [-0.4, -0.2) is 27.7 Å². The molecule has 1 heterocycles. The Morgan fingerprint density at radius 1 is 1.35 bits per heavy atom. The summed E-state index contributed by atoms with van der Waals surface area (Å²) >= 11 is 0. The average Bonchev–Trinajstić information content (AvgIpc) is 2.55. The molecule has 0 radical (unpaired) electrons. The van der Waals surface area contributed by atoms with Crippen LogP contribution < -0.4 is 10.7 Å². The van der Waals surface area contributed by atoms with Crippen molar-refractivity contribution >= 4 is 16.8 Å². The summed E-state index contributed by atoms with van der Waals surface area (Å²) in [7, 11) is 0. The molecule has 1 aromatic heterocycles. The SMILES string of the molecule is CCC(C)C(C)(O)CNC(=O)Cn1ccc(=O)c2ccccc21. The van der Waals surface area contributed by atoms with Crippen LogP contribution >= 0.6 is 0 Å². The lowest BCUT2D eigenvalue weighted by Gasteiger charge is -2.29. The van der Waals surface area contributed by atoms with Crippen LogP contribution in [0.2, 0.25) is 0 Å². The van der Waals surface area contributed by atoms with Crippen LogP contribution in [0.5, 0.6) is 0 Å². The van der Waals surface area contributed by atoms with Crippen LogP contribution in [0.3, 0.4) is 0 Å². The number of pyridine rings is 1. The van der Waals surface area contributed by atoms with Gasteiger partial charge in [0.25, 0.3) is 0 Å². The van der Waals surface area contributed by atoms with E-state index in [1.807, 2.05) is 26.0 Å². The minimum atomic E-state index is -0.935. The summed E-state index contributed by atoms with van der Waals surface area (Å²) in [5.74, 6) is -0.0987. The Morgan fingerprint density at radius 2 is 2.04 bits per heavy atom. The fourth-order valence-electron chi connectivity index (χ4n) is 2.50. The van der Waals surface area contributed by atoms with Gasteiger partial charge in [0.15, 0.2) is 5.43 Å². The molecule has 0 aliphatic carbocycles. The average molecular weight is 316 g/mol. The van der Waals surface area contributed by atoms with E-state index in [1.165, 1.54) is 6.07 Å². The standard InChI is InChI=1S/C18H24N2O3/c1-4-13(2)18(3,23)12-19-17(22)11-20-10-9-16(21)14-7-5-6-8-15(14)20/h5-10,13,23H,4,11-12H2,1-3H3,(H,19,22). The van der Waals surface area contributed by atoms with E-state index in [1.54, 1.807) is 29.8 Å². The largest absolute Gasteiger partial charge is 0.388 e. The van der Waals surface area contributed by atoms with Gasteiger partial charge in [0.2, 0.25) is 5.91 Å². The van der Waals surface area contributed by atoms with E-state index in [-0.39, 0.29) is 30.3 Å². The van der Waals surface area contributed by atoms with Crippen LogP contribution in [0, 0.1) is 5.92 Å². The van der Waals surface area contributed by atoms with Crippen molar-refractivity contribution in [3.63, 3.8) is 0 Å². The zero-order valence-electron chi connectivity index (χ0n) is 13.9. The molecule has 5 nitrogen and oxygen atoms in total. The highest BCUT2D eigenvalue weighted by Gasteiger charge is 2.27. The molecule has 1 amide bonds. The van der Waals surface area contributed by atoms with Crippen molar-refractivity contribution in [3.05, 3.63) is 46.8 Å². The fraction of sp³-hybridized carbons (Fsp3) is 0.444. The number of hydrogen-bond donors (Lipinski definition) is 2. The van der Waals surface area contributed by atoms with E-state index in [0.717, 1.165) is 11.9 Å². The molecule has 124 valence electrons. The van der Waals surface area contributed by atoms with Gasteiger partial charge in [-0.05, 0) is 25.0 Å². The number of benzene rings is 1. The molecule has 0 spiro atoms. The summed E-state index contributed by atoms with van der Waals surface area (Å²) in [6.07, 6.45) is 2.46. The monoisotopic (exact) mass is 316 g/mol. The maximum Gasteiger partial charge on any atom is 0.240 e. The van der Waals surface area contributed by atoms with Crippen molar-refractivity contribution in [1.82, 2.24) is 9.88 Å². The molecule has 1 aromatic carbocycles. The number of nitrogens with one attached hydrogen (secondary N) is 1. The molecule has 0 aliphatic rings. The third-order valence-corrected chi connectivity index (χ3v) is 4.52. The van der Waals surface area contributed by atoms with E-state index >= 15 is 0 Å². The van der Waals surface area contributed by atoms with E-state index in [2.05, 4.69) is 5.32 Å². The number of carbonyl (C=O) groups excluding carboxylic acids is 1. The van der Waals surface area contributed by atoms with Gasteiger partial charge in [-0.1, -0.05) is 32.4 Å². The van der Waals surface area contributed by atoms with Gasteiger partial charge in [0.1, 0.15) is 6.54 Å². The minimum absolute atomic E-state index is 0.0584. The third kappa shape index (κ3) is 3.99. The first-order valence-corrected chi connectivity index (χ1v) is 7.92. The van der Waals surface area contributed by atoms with E-state index < -0.39 is 5.60 Å². The Labute approximate surface area is 135 Å². The second-order valence-electron chi connectivity index (χ2n) is 6.27. The molecule has 0 bridgehead atoms. The third-order valence-electron chi connectivity index (χ3n) is 4.52. The van der Waals surface area contributed by atoms with E-state index in [4.69, 9.17) is 0 Å². The first kappa shape index (κ1) is 17.2. The quantitative estimate of drug-likeness (QED) is 0.855. The maximum absolute atomic E-state index is 12.2. The second-order valence-corrected chi connectivity index (χ2v) is 6.27. The summed E-state index contributed by atoms with van der Waals surface area (Å²) in [5.41, 5.74) is -0.267. The molecule has 2 atom stereocenters.